The maximum atomic E-state index is 4.77. The van der Waals surface area contributed by atoms with E-state index < -0.39 is 0 Å². The first-order chi connectivity index (χ1) is 8.74. The Morgan fingerprint density at radius 1 is 1.22 bits per heavy atom. The van der Waals surface area contributed by atoms with Crippen molar-refractivity contribution in [2.45, 2.75) is 32.7 Å². The number of para-hydroxylation sites is 1. The minimum atomic E-state index is 0.547. The summed E-state index contributed by atoms with van der Waals surface area (Å²) in [4.78, 5) is 8.67. The lowest BCUT2D eigenvalue weighted by Crippen LogP contribution is -2.29. The second-order valence-corrected chi connectivity index (χ2v) is 6.20. The molecule has 2 nitrogen and oxygen atoms in total. The fraction of sp³-hybridized carbons (Fsp3) is 0.400. The highest BCUT2D eigenvalue weighted by molar-refractivity contribution is 7.11. The summed E-state index contributed by atoms with van der Waals surface area (Å²) < 4.78 is 0. The second kappa shape index (κ2) is 4.73. The molecule has 0 atom stereocenters. The van der Waals surface area contributed by atoms with Gasteiger partial charge in [0.25, 0.3) is 0 Å². The monoisotopic (exact) mass is 258 g/mol. The number of nitrogens with zero attached hydrogens (tertiary/aromatic N) is 2. The van der Waals surface area contributed by atoms with E-state index in [0.29, 0.717) is 5.92 Å². The summed E-state index contributed by atoms with van der Waals surface area (Å²) in [5, 5.41) is 1.29. The molecule has 1 aromatic heterocycles. The molecule has 0 bridgehead atoms. The smallest absolute Gasteiger partial charge is 0.0957 e. The van der Waals surface area contributed by atoms with Gasteiger partial charge < -0.3 is 4.90 Å². The van der Waals surface area contributed by atoms with E-state index in [1.54, 1.807) is 0 Å². The molecule has 2 heterocycles. The molecular weight excluding hydrogens is 240 g/mol. The molecule has 0 radical (unpaired) electrons. The van der Waals surface area contributed by atoms with E-state index in [2.05, 4.69) is 49.1 Å². The number of aromatic nitrogens is 1. The van der Waals surface area contributed by atoms with Crippen LogP contribution in [-0.2, 0) is 13.0 Å². The van der Waals surface area contributed by atoms with Crippen LogP contribution in [0, 0.1) is 0 Å². The Kier molecular flexibility index (Phi) is 3.08. The second-order valence-electron chi connectivity index (χ2n) is 5.08. The zero-order chi connectivity index (χ0) is 12.5. The van der Waals surface area contributed by atoms with Crippen LogP contribution in [0.3, 0.4) is 0 Å². The van der Waals surface area contributed by atoms with E-state index in [-0.39, 0.29) is 0 Å². The van der Waals surface area contributed by atoms with Gasteiger partial charge in [0.1, 0.15) is 0 Å². The Balaban J connectivity index is 1.85. The number of hydrogen-bond acceptors (Lipinski definition) is 3. The van der Waals surface area contributed by atoms with Crippen molar-refractivity contribution in [2.75, 3.05) is 11.4 Å². The zero-order valence-electron chi connectivity index (χ0n) is 10.9. The first-order valence-electron chi connectivity index (χ1n) is 6.52. The third-order valence-corrected chi connectivity index (χ3v) is 4.75. The number of benzene rings is 1. The van der Waals surface area contributed by atoms with Gasteiger partial charge in [0.05, 0.1) is 17.2 Å². The van der Waals surface area contributed by atoms with Crippen molar-refractivity contribution in [1.29, 1.82) is 0 Å². The summed E-state index contributed by atoms with van der Waals surface area (Å²) in [5.74, 6) is 0.547. The van der Waals surface area contributed by atoms with Crippen molar-refractivity contribution in [3.63, 3.8) is 0 Å². The molecule has 0 amide bonds. The number of rotatable bonds is 2. The Morgan fingerprint density at radius 2 is 2.00 bits per heavy atom. The molecule has 2 aromatic rings. The topological polar surface area (TPSA) is 16.1 Å². The van der Waals surface area contributed by atoms with Crippen LogP contribution in [0.1, 0.15) is 35.3 Å². The molecule has 0 spiro atoms. The van der Waals surface area contributed by atoms with E-state index >= 15 is 0 Å². The van der Waals surface area contributed by atoms with Crippen LogP contribution >= 0.6 is 11.3 Å². The van der Waals surface area contributed by atoms with Crippen molar-refractivity contribution in [1.82, 2.24) is 4.98 Å². The van der Waals surface area contributed by atoms with Gasteiger partial charge in [0, 0.05) is 29.4 Å². The lowest BCUT2D eigenvalue weighted by Gasteiger charge is -2.28. The van der Waals surface area contributed by atoms with Crippen molar-refractivity contribution >= 4 is 17.0 Å². The zero-order valence-corrected chi connectivity index (χ0v) is 11.7. The Hall–Kier alpha value is -1.35. The van der Waals surface area contributed by atoms with Crippen LogP contribution in [-0.4, -0.2) is 11.5 Å². The van der Waals surface area contributed by atoms with E-state index in [1.807, 2.05) is 11.3 Å². The summed E-state index contributed by atoms with van der Waals surface area (Å²) in [6, 6.07) is 10.7. The summed E-state index contributed by atoms with van der Waals surface area (Å²) in [7, 11) is 0. The maximum Gasteiger partial charge on any atom is 0.0957 e. The fourth-order valence-corrected chi connectivity index (χ4v) is 3.45. The summed E-state index contributed by atoms with van der Waals surface area (Å²) >= 11 is 1.89. The van der Waals surface area contributed by atoms with E-state index in [9.17, 15) is 0 Å². The van der Waals surface area contributed by atoms with Crippen LogP contribution in [0.5, 0.6) is 0 Å². The predicted octanol–water partition coefficient (Wildman–Crippen LogP) is 3.83. The Labute approximate surface area is 112 Å². The van der Waals surface area contributed by atoms with E-state index in [1.165, 1.54) is 21.3 Å². The number of hydrogen-bond donors (Lipinski definition) is 0. The van der Waals surface area contributed by atoms with Crippen LogP contribution in [0.15, 0.2) is 30.3 Å². The van der Waals surface area contributed by atoms with Crippen molar-refractivity contribution in [3.8, 4) is 0 Å². The third-order valence-electron chi connectivity index (χ3n) is 3.36. The van der Waals surface area contributed by atoms with Gasteiger partial charge in [-0.3, -0.25) is 0 Å². The minimum Gasteiger partial charge on any atom is -0.366 e. The highest BCUT2D eigenvalue weighted by Gasteiger charge is 2.21. The van der Waals surface area contributed by atoms with Crippen molar-refractivity contribution < 1.29 is 0 Å². The molecule has 0 aliphatic carbocycles. The van der Waals surface area contributed by atoms with Gasteiger partial charge in [0.15, 0.2) is 0 Å². The molecule has 1 aromatic carbocycles. The molecule has 3 heteroatoms. The van der Waals surface area contributed by atoms with Gasteiger partial charge in [-0.2, -0.15) is 0 Å². The van der Waals surface area contributed by atoms with Gasteiger partial charge in [-0.05, 0) is 12.1 Å². The van der Waals surface area contributed by atoms with Crippen LogP contribution in [0.25, 0.3) is 0 Å². The molecule has 94 valence electrons. The maximum absolute atomic E-state index is 4.77. The highest BCUT2D eigenvalue weighted by Crippen LogP contribution is 2.31. The van der Waals surface area contributed by atoms with Crippen molar-refractivity contribution in [2.24, 2.45) is 0 Å². The molecule has 0 N–H and O–H groups in total. The average Bonchev–Trinajstić information content (AvgIpc) is 2.82. The molecule has 0 fully saturated rings. The number of fused-ring (bicyclic) bond motifs is 1. The number of thiazole rings is 1. The first-order valence-corrected chi connectivity index (χ1v) is 7.34. The molecule has 0 unspecified atom stereocenters. The highest BCUT2D eigenvalue weighted by atomic mass is 32.1. The SMILES string of the molecule is CC(C)c1nc2c(s1)CN(c1ccccc1)CC2. The van der Waals surface area contributed by atoms with E-state index in [4.69, 9.17) is 4.98 Å². The van der Waals surface area contributed by atoms with Gasteiger partial charge >= 0.3 is 0 Å². The molecule has 1 aliphatic heterocycles. The van der Waals surface area contributed by atoms with Gasteiger partial charge in [-0.15, -0.1) is 11.3 Å². The quantitative estimate of drug-likeness (QED) is 0.814. The normalized spacial score (nSPS) is 14.9. The van der Waals surface area contributed by atoms with Crippen LogP contribution < -0.4 is 4.90 Å². The Bertz CT molecular complexity index is 531. The summed E-state index contributed by atoms with van der Waals surface area (Å²) in [5.41, 5.74) is 2.65. The lowest BCUT2D eigenvalue weighted by molar-refractivity contribution is 0.723. The third kappa shape index (κ3) is 2.15. The largest absolute Gasteiger partial charge is 0.366 e. The van der Waals surface area contributed by atoms with Crippen molar-refractivity contribution in [3.05, 3.63) is 45.9 Å². The Morgan fingerprint density at radius 3 is 2.72 bits per heavy atom. The molecule has 1 aliphatic rings. The number of anilines is 1. The molecule has 18 heavy (non-hydrogen) atoms. The van der Waals surface area contributed by atoms with Crippen LogP contribution in [0.2, 0.25) is 0 Å². The molecule has 0 saturated carbocycles. The molecule has 3 rings (SSSR count). The molecule has 0 saturated heterocycles. The fourth-order valence-electron chi connectivity index (χ4n) is 2.32. The minimum absolute atomic E-state index is 0.547. The average molecular weight is 258 g/mol. The standard InChI is InChI=1S/C15H18N2S/c1-11(2)15-16-13-8-9-17(10-14(13)18-15)12-6-4-3-5-7-12/h3-7,11H,8-10H2,1-2H3. The summed E-state index contributed by atoms with van der Waals surface area (Å²) in [6.07, 6.45) is 1.08. The van der Waals surface area contributed by atoms with Gasteiger partial charge in [-0.1, -0.05) is 32.0 Å². The predicted molar refractivity (Wildman–Crippen MR) is 77.4 cm³/mol. The first kappa shape index (κ1) is 11.7. The van der Waals surface area contributed by atoms with E-state index in [0.717, 1.165) is 19.5 Å². The molecular formula is C15H18N2S. The lowest BCUT2D eigenvalue weighted by atomic mass is 10.1. The van der Waals surface area contributed by atoms with Gasteiger partial charge in [0.2, 0.25) is 0 Å². The van der Waals surface area contributed by atoms with Gasteiger partial charge in [-0.25, -0.2) is 4.98 Å². The summed E-state index contributed by atoms with van der Waals surface area (Å²) in [6.45, 7) is 6.54. The van der Waals surface area contributed by atoms with Crippen LogP contribution in [0.4, 0.5) is 5.69 Å².